The topological polar surface area (TPSA) is 73.7 Å². The van der Waals surface area contributed by atoms with Gasteiger partial charge in [-0.15, -0.1) is 0 Å². The molecule has 0 saturated heterocycles. The Morgan fingerprint density at radius 2 is 1.70 bits per heavy atom. The number of ether oxygens (including phenoxy) is 1. The molecule has 23 heavy (non-hydrogen) atoms. The van der Waals surface area contributed by atoms with Gasteiger partial charge in [-0.1, -0.05) is 18.2 Å². The molecule has 2 amide bonds. The molecule has 0 aliphatic rings. The zero-order valence-corrected chi connectivity index (χ0v) is 17.0. The maximum Gasteiger partial charge on any atom is 0.415 e. The molecule has 0 atom stereocenters. The van der Waals surface area contributed by atoms with E-state index in [1.54, 1.807) is 31.2 Å². The van der Waals surface area contributed by atoms with E-state index in [0.29, 0.717) is 18.7 Å². The molecule has 0 heterocycles. The van der Waals surface area contributed by atoms with Crippen molar-refractivity contribution in [3.05, 3.63) is 43.0 Å². The van der Waals surface area contributed by atoms with Crippen LogP contribution in [0.25, 0.3) is 5.73 Å². The van der Waals surface area contributed by atoms with E-state index in [0.717, 1.165) is 6.54 Å². The minimum atomic E-state index is -0.806. The van der Waals surface area contributed by atoms with Crippen LogP contribution in [0.3, 0.4) is 0 Å². The average molecular weight is 396 g/mol. The average Bonchev–Trinajstić information content (AvgIpc) is 2.48. The molecule has 1 radical (unpaired) electrons. The second-order valence-corrected chi connectivity index (χ2v) is 4.68. The van der Waals surface area contributed by atoms with Gasteiger partial charge in [-0.3, -0.25) is 0 Å². The smallest absolute Gasteiger partial charge is 0.415 e. The molecule has 0 aliphatic carbocycles. The number of carbonyl (C=O) groups excluding carboxylic acids is 2. The Morgan fingerprint density at radius 3 is 2.17 bits per heavy atom. The van der Waals surface area contributed by atoms with Gasteiger partial charge in [0.05, 0.1) is 12.5 Å². The second-order valence-electron chi connectivity index (χ2n) is 4.68. The maximum absolute atomic E-state index is 12.0. The van der Waals surface area contributed by atoms with E-state index in [9.17, 15) is 9.59 Å². The van der Waals surface area contributed by atoms with E-state index in [-0.39, 0.29) is 39.3 Å². The molecular weight excluding hydrogens is 371 g/mol. The van der Waals surface area contributed by atoms with Crippen molar-refractivity contribution in [3.63, 3.8) is 0 Å². The maximum atomic E-state index is 12.0. The fraction of sp³-hybridized carbons (Fsp3) is 0.438. The van der Waals surface area contributed by atoms with Crippen molar-refractivity contribution < 1.29 is 47.0 Å². The van der Waals surface area contributed by atoms with Crippen LogP contribution >= 0.6 is 0 Å². The normalized spacial score (nSPS) is 9.26. The number of hydrogen-bond acceptors (Lipinski definition) is 4. The Bertz CT molecular complexity index is 441. The number of hydrogen-bond donors (Lipinski definition) is 0. The molecule has 0 spiro atoms. The first-order chi connectivity index (χ1) is 10.5. The van der Waals surface area contributed by atoms with Gasteiger partial charge in [-0.25, -0.2) is 4.79 Å². The standard InChI is InChI=1S/C14H21N3O3.C2H5.Y/c1-16(2)9-6-10-17(11-13(15)18)14(19)20-12-7-4-3-5-8-12;1-2;/h3-5,7-8H,6,9-11H2,1-2H3,(H2,15,18);1H2,2H3;/q;-1;/p-1. The van der Waals surface area contributed by atoms with Crippen molar-refractivity contribution in [2.24, 2.45) is 0 Å². The van der Waals surface area contributed by atoms with E-state index in [1.807, 2.05) is 25.1 Å². The van der Waals surface area contributed by atoms with E-state index in [4.69, 9.17) is 10.5 Å². The molecule has 1 N–H and O–H groups in total. The summed E-state index contributed by atoms with van der Waals surface area (Å²) in [5.74, 6) is -0.382. The van der Waals surface area contributed by atoms with Crippen LogP contribution in [0, 0.1) is 6.92 Å². The van der Waals surface area contributed by atoms with Crippen molar-refractivity contribution in [2.45, 2.75) is 13.3 Å². The summed E-state index contributed by atoms with van der Waals surface area (Å²) >= 11 is 0. The predicted octanol–water partition coefficient (Wildman–Crippen LogP) is 2.86. The summed E-state index contributed by atoms with van der Waals surface area (Å²) in [5.41, 5.74) is 7.00. The molecule has 0 aromatic heterocycles. The third kappa shape index (κ3) is 12.2. The van der Waals surface area contributed by atoms with E-state index in [1.165, 1.54) is 4.90 Å². The van der Waals surface area contributed by atoms with Crippen LogP contribution in [0.4, 0.5) is 4.79 Å². The van der Waals surface area contributed by atoms with E-state index >= 15 is 0 Å². The van der Waals surface area contributed by atoms with Crippen LogP contribution in [0.2, 0.25) is 0 Å². The van der Waals surface area contributed by atoms with Gasteiger partial charge in [0, 0.05) is 39.3 Å². The van der Waals surface area contributed by atoms with Gasteiger partial charge < -0.3 is 32.0 Å². The van der Waals surface area contributed by atoms with Gasteiger partial charge >= 0.3 is 6.09 Å². The van der Waals surface area contributed by atoms with Crippen LogP contribution in [-0.4, -0.2) is 55.5 Å². The zero-order chi connectivity index (χ0) is 17.0. The van der Waals surface area contributed by atoms with Crippen LogP contribution in [-0.2, 0) is 37.5 Å². The van der Waals surface area contributed by atoms with Gasteiger partial charge in [-0.2, -0.15) is 6.92 Å². The molecule has 0 bridgehead atoms. The summed E-state index contributed by atoms with van der Waals surface area (Å²) in [7, 11) is 3.87. The van der Waals surface area contributed by atoms with Crippen LogP contribution in [0.15, 0.2) is 30.3 Å². The third-order valence-electron chi connectivity index (χ3n) is 2.57. The Labute approximate surface area is 164 Å². The summed E-state index contributed by atoms with van der Waals surface area (Å²) in [4.78, 5) is 26.1. The molecule has 7 heteroatoms. The largest absolute Gasteiger partial charge is 0.666 e. The number of amides is 2. The van der Waals surface area contributed by atoms with E-state index < -0.39 is 12.0 Å². The van der Waals surface area contributed by atoms with Gasteiger partial charge in [-0.05, 0) is 39.2 Å². The van der Waals surface area contributed by atoms with Gasteiger partial charge in [0.1, 0.15) is 5.75 Å². The molecule has 127 valence electrons. The van der Waals surface area contributed by atoms with Crippen molar-refractivity contribution in [2.75, 3.05) is 33.7 Å². The zero-order valence-electron chi connectivity index (χ0n) is 14.1. The Balaban J connectivity index is 0. The number of nitrogens with zero attached hydrogens (tertiary/aromatic N) is 2. The number of rotatable bonds is 7. The van der Waals surface area contributed by atoms with Crippen molar-refractivity contribution in [1.82, 2.24) is 9.80 Å². The van der Waals surface area contributed by atoms with Gasteiger partial charge in [0.25, 0.3) is 0 Å². The predicted molar refractivity (Wildman–Crippen MR) is 87.6 cm³/mol. The molecule has 0 saturated carbocycles. The third-order valence-corrected chi connectivity index (χ3v) is 2.57. The fourth-order valence-electron chi connectivity index (χ4n) is 1.64. The number of para-hydroxylation sites is 1. The molecule has 6 nitrogen and oxygen atoms in total. The van der Waals surface area contributed by atoms with Crippen molar-refractivity contribution in [3.8, 4) is 5.75 Å². The monoisotopic (exact) mass is 396 g/mol. The van der Waals surface area contributed by atoms with Crippen LogP contribution < -0.4 is 4.74 Å². The quantitative estimate of drug-likeness (QED) is 0.665. The minimum Gasteiger partial charge on any atom is -0.666 e. The van der Waals surface area contributed by atoms with E-state index in [2.05, 4.69) is 6.92 Å². The first kappa shape index (κ1) is 24.3. The first-order valence-corrected chi connectivity index (χ1v) is 7.10. The Kier molecular flexibility index (Phi) is 15.4. The van der Waals surface area contributed by atoms with Crippen molar-refractivity contribution in [1.29, 1.82) is 0 Å². The fourth-order valence-corrected chi connectivity index (χ4v) is 1.64. The van der Waals surface area contributed by atoms with Crippen LogP contribution in [0.1, 0.15) is 13.3 Å². The number of nitrogens with one attached hydrogen (secondary N) is 1. The number of benzene rings is 1. The molecule has 1 aromatic carbocycles. The minimum absolute atomic E-state index is 0. The summed E-state index contributed by atoms with van der Waals surface area (Å²) in [6.45, 7) is 5.93. The van der Waals surface area contributed by atoms with Gasteiger partial charge in [0.15, 0.2) is 0 Å². The number of carbonyl (C=O) groups is 2. The second kappa shape index (κ2) is 14.6. The molecule has 0 fully saturated rings. The summed E-state index contributed by atoms with van der Waals surface area (Å²) in [6.07, 6.45) is 0.111. The van der Waals surface area contributed by atoms with Crippen LogP contribution in [0.5, 0.6) is 5.75 Å². The Morgan fingerprint density at radius 1 is 1.13 bits per heavy atom. The molecular formula is C16H25N3O3Y-2. The molecule has 0 unspecified atom stereocenters. The summed E-state index contributed by atoms with van der Waals surface area (Å²) < 4.78 is 5.17. The summed E-state index contributed by atoms with van der Waals surface area (Å²) in [5, 5.41) is 0. The molecule has 0 aliphatic heterocycles. The Hall–Kier alpha value is -0.976. The SMILES string of the molecule is CN(C)CCCN(CC([NH-])=O)C(=O)Oc1ccccc1.[CH2-]C.[Y]. The first-order valence-electron chi connectivity index (χ1n) is 7.10. The van der Waals surface area contributed by atoms with Crippen molar-refractivity contribution >= 4 is 12.0 Å². The summed E-state index contributed by atoms with van der Waals surface area (Å²) in [6, 6.07) is 8.67. The van der Waals surface area contributed by atoms with Gasteiger partial charge in [0.2, 0.25) is 0 Å². The molecule has 1 rings (SSSR count). The molecule has 1 aromatic rings.